The maximum atomic E-state index is 13.5. The number of ether oxygens (including phenoxy) is 5. The highest BCUT2D eigenvalue weighted by molar-refractivity contribution is 5.93. The van der Waals surface area contributed by atoms with Gasteiger partial charge in [-0.1, -0.05) is 60.7 Å². The second-order valence-electron chi connectivity index (χ2n) is 12.4. The minimum Gasteiger partial charge on any atom is -0.467 e. The molecule has 19 nitrogen and oxygen atoms in total. The lowest BCUT2D eigenvalue weighted by atomic mass is 9.97. The van der Waals surface area contributed by atoms with E-state index in [-0.39, 0.29) is 13.0 Å². The van der Waals surface area contributed by atoms with Gasteiger partial charge in [-0.15, -0.1) is 0 Å². The first-order chi connectivity index (χ1) is 25.3. The van der Waals surface area contributed by atoms with Crippen LogP contribution in [0.5, 0.6) is 0 Å². The third kappa shape index (κ3) is 11.4. The zero-order valence-electron chi connectivity index (χ0n) is 28.5. The van der Waals surface area contributed by atoms with Crippen LogP contribution in [0, 0.1) is 0 Å². The van der Waals surface area contributed by atoms with Crippen LogP contribution < -0.4 is 16.0 Å². The maximum Gasteiger partial charge on any atom is 0.408 e. The lowest BCUT2D eigenvalue weighted by molar-refractivity contribution is -0.314. The highest BCUT2D eigenvalue weighted by Crippen LogP contribution is 2.25. The number of esters is 1. The molecule has 2 fully saturated rings. The SMILES string of the molecule is COC(=O)[C@H](Cc1ccccc1)NC(=O)[C@H](CC(=O)N[C@@H]1O[C@H](CO[C@H]2O[C@H](CO)[C@@H](O)[C@H](O)[C@H]2O)[C@@H](O)[C@H](O)[C@H]1O)NC(=O)OCc1ccccc1. The van der Waals surface area contributed by atoms with Gasteiger partial charge in [0.1, 0.15) is 67.5 Å². The highest BCUT2D eigenvalue weighted by atomic mass is 16.7. The van der Waals surface area contributed by atoms with Crippen molar-refractivity contribution >= 4 is 23.9 Å². The lowest BCUT2D eigenvalue weighted by Gasteiger charge is -2.43. The summed E-state index contributed by atoms with van der Waals surface area (Å²) in [5.74, 6) is -2.79. The van der Waals surface area contributed by atoms with Crippen LogP contribution >= 0.6 is 0 Å². The number of hydrogen-bond donors (Lipinski definition) is 10. The Labute approximate surface area is 303 Å². The van der Waals surface area contributed by atoms with Gasteiger partial charge in [0.25, 0.3) is 0 Å². The summed E-state index contributed by atoms with van der Waals surface area (Å²) in [4.78, 5) is 52.3. The van der Waals surface area contributed by atoms with E-state index in [1.807, 2.05) is 0 Å². The summed E-state index contributed by atoms with van der Waals surface area (Å²) in [6.07, 6.45) is -18.9. The molecule has 10 N–H and O–H groups in total. The molecule has 19 heteroatoms. The molecule has 0 spiro atoms. The van der Waals surface area contributed by atoms with Crippen LogP contribution in [-0.2, 0) is 51.1 Å². The lowest BCUT2D eigenvalue weighted by Crippen LogP contribution is -2.64. The Kier molecular flexibility index (Phi) is 15.4. The van der Waals surface area contributed by atoms with Gasteiger partial charge in [-0.25, -0.2) is 9.59 Å². The fourth-order valence-electron chi connectivity index (χ4n) is 5.58. The summed E-state index contributed by atoms with van der Waals surface area (Å²) in [7, 11) is 1.12. The number of benzene rings is 2. The molecular weight excluding hydrogens is 706 g/mol. The molecule has 0 aliphatic carbocycles. The molecule has 0 unspecified atom stereocenters. The first kappa shape index (κ1) is 41.5. The molecule has 3 amide bonds. The highest BCUT2D eigenvalue weighted by Gasteiger charge is 2.47. The largest absolute Gasteiger partial charge is 0.467 e. The molecule has 0 radical (unpaired) electrons. The van der Waals surface area contributed by atoms with Crippen LogP contribution in [0.1, 0.15) is 17.5 Å². The maximum absolute atomic E-state index is 13.5. The fraction of sp³-hybridized carbons (Fsp3) is 0.529. The van der Waals surface area contributed by atoms with Crippen LogP contribution in [0.4, 0.5) is 4.79 Å². The second-order valence-corrected chi connectivity index (χ2v) is 12.4. The molecule has 0 saturated carbocycles. The van der Waals surface area contributed by atoms with Gasteiger partial charge in [-0.05, 0) is 11.1 Å². The minimum atomic E-state index is -1.92. The normalized spacial score (nSPS) is 29.6. The molecule has 2 aliphatic rings. The Morgan fingerprint density at radius 1 is 0.736 bits per heavy atom. The van der Waals surface area contributed by atoms with Gasteiger partial charge < -0.3 is 75.4 Å². The monoisotopic (exact) mass is 751 g/mol. The summed E-state index contributed by atoms with van der Waals surface area (Å²) < 4.78 is 26.3. The summed E-state index contributed by atoms with van der Waals surface area (Å²) in [5, 5.41) is 78.4. The van der Waals surface area contributed by atoms with Crippen LogP contribution in [-0.4, -0.2) is 153 Å². The Morgan fingerprint density at radius 2 is 1.34 bits per heavy atom. The fourth-order valence-corrected chi connectivity index (χ4v) is 5.58. The average molecular weight is 752 g/mol. The van der Waals surface area contributed by atoms with E-state index in [4.69, 9.17) is 23.7 Å². The van der Waals surface area contributed by atoms with E-state index in [2.05, 4.69) is 16.0 Å². The quantitative estimate of drug-likeness (QED) is 0.0784. The molecule has 0 aromatic heterocycles. The van der Waals surface area contributed by atoms with Crippen LogP contribution in [0.2, 0.25) is 0 Å². The van der Waals surface area contributed by atoms with Crippen molar-refractivity contribution in [1.29, 1.82) is 0 Å². The van der Waals surface area contributed by atoms with E-state index in [0.29, 0.717) is 11.1 Å². The zero-order valence-corrected chi connectivity index (χ0v) is 28.5. The molecular formula is C34H45N3O16. The third-order valence-electron chi connectivity index (χ3n) is 8.58. The van der Waals surface area contributed by atoms with Crippen LogP contribution in [0.25, 0.3) is 0 Å². The molecule has 53 heavy (non-hydrogen) atoms. The first-order valence-electron chi connectivity index (χ1n) is 16.6. The molecule has 0 bridgehead atoms. The van der Waals surface area contributed by atoms with Gasteiger partial charge >= 0.3 is 12.1 Å². The van der Waals surface area contributed by atoms with Crippen molar-refractivity contribution in [3.63, 3.8) is 0 Å². The molecule has 2 saturated heterocycles. The zero-order chi connectivity index (χ0) is 38.7. The van der Waals surface area contributed by atoms with Crippen molar-refractivity contribution in [2.24, 2.45) is 0 Å². The number of carbonyl (C=O) groups excluding carboxylic acids is 4. The number of amides is 3. The van der Waals surface area contributed by atoms with Gasteiger partial charge in [-0.2, -0.15) is 0 Å². The second kappa shape index (κ2) is 19.7. The average Bonchev–Trinajstić information content (AvgIpc) is 3.16. The van der Waals surface area contributed by atoms with E-state index >= 15 is 0 Å². The van der Waals surface area contributed by atoms with Gasteiger partial charge in [-0.3, -0.25) is 9.59 Å². The smallest absolute Gasteiger partial charge is 0.408 e. The first-order valence-corrected chi connectivity index (χ1v) is 16.6. The summed E-state index contributed by atoms with van der Waals surface area (Å²) in [6.45, 7) is -1.57. The Hall–Kier alpha value is -4.28. The predicted molar refractivity (Wildman–Crippen MR) is 177 cm³/mol. The Bertz CT molecular complexity index is 1490. The number of carbonyl (C=O) groups is 4. The van der Waals surface area contributed by atoms with Crippen LogP contribution in [0.3, 0.4) is 0 Å². The Balaban J connectivity index is 1.44. The van der Waals surface area contributed by atoms with Crippen molar-refractivity contribution < 1.29 is 78.6 Å². The summed E-state index contributed by atoms with van der Waals surface area (Å²) in [5.41, 5.74) is 1.30. The van der Waals surface area contributed by atoms with Crippen LogP contribution in [0.15, 0.2) is 60.7 Å². The topological polar surface area (TPSA) is 292 Å². The number of aliphatic hydroxyl groups is 7. The van der Waals surface area contributed by atoms with E-state index in [9.17, 15) is 54.9 Å². The number of nitrogens with one attached hydrogen (secondary N) is 3. The molecule has 2 aliphatic heterocycles. The van der Waals surface area contributed by atoms with E-state index in [1.54, 1.807) is 60.7 Å². The number of hydrogen-bond acceptors (Lipinski definition) is 16. The van der Waals surface area contributed by atoms with Gasteiger partial charge in [0.05, 0.1) is 26.7 Å². The van der Waals surface area contributed by atoms with Crippen molar-refractivity contribution in [1.82, 2.24) is 16.0 Å². The van der Waals surface area contributed by atoms with Gasteiger partial charge in [0.2, 0.25) is 11.8 Å². The molecule has 2 aromatic carbocycles. The number of methoxy groups -OCH3 is 1. The predicted octanol–water partition coefficient (Wildman–Crippen LogP) is -3.69. The molecule has 12 atom stereocenters. The van der Waals surface area contributed by atoms with Crippen molar-refractivity contribution in [3.05, 3.63) is 71.8 Å². The van der Waals surface area contributed by atoms with Gasteiger partial charge in [0.15, 0.2) is 12.5 Å². The molecule has 4 rings (SSSR count). The molecule has 292 valence electrons. The van der Waals surface area contributed by atoms with E-state index in [1.165, 1.54) is 0 Å². The molecule has 2 heterocycles. The number of aliphatic hydroxyl groups excluding tert-OH is 7. The van der Waals surface area contributed by atoms with Gasteiger partial charge in [0, 0.05) is 6.42 Å². The van der Waals surface area contributed by atoms with E-state index in [0.717, 1.165) is 7.11 Å². The van der Waals surface area contributed by atoms with Crippen molar-refractivity contribution in [2.45, 2.75) is 92.9 Å². The van der Waals surface area contributed by atoms with Crippen molar-refractivity contribution in [2.75, 3.05) is 20.3 Å². The minimum absolute atomic E-state index is 0.00548. The Morgan fingerprint density at radius 3 is 1.96 bits per heavy atom. The van der Waals surface area contributed by atoms with Crippen molar-refractivity contribution in [3.8, 4) is 0 Å². The summed E-state index contributed by atoms with van der Waals surface area (Å²) >= 11 is 0. The number of alkyl carbamates (subject to hydrolysis) is 1. The summed E-state index contributed by atoms with van der Waals surface area (Å²) in [6, 6.07) is 14.4. The molecule has 2 aromatic rings. The number of rotatable bonds is 15. The standard InChI is InChI=1S/C34H45N3O16/c1-49-32(47)20(12-17-8-4-2-5-9-17)35-30(46)19(36-34(48)51-15-18-10-6-3-7-11-18)13-23(39)37-31-28(44)26(42)25(41)22(52-31)16-50-33-29(45)27(43)24(40)21(14-38)53-33/h2-11,19-22,24-29,31,33,38,40-45H,12-16H2,1H3,(H,35,46)(H,36,48)(H,37,39)/t19-,20-,21+,22+,24+,25+,26-,27-,28+,29+,31+,33-/m0/s1. The van der Waals surface area contributed by atoms with E-state index < -0.39 is 117 Å². The third-order valence-corrected chi connectivity index (χ3v) is 8.58.